The minimum Gasteiger partial charge on any atom is -0.372 e. The van der Waals surface area contributed by atoms with Crippen LogP contribution in [0.5, 0.6) is 0 Å². The Morgan fingerprint density at radius 2 is 1.94 bits per heavy atom. The monoisotopic (exact) mass is 313 g/mol. The smallest absolute Gasteiger partial charge is 0.0949 e. The first kappa shape index (κ1) is 15.7. The van der Waals surface area contributed by atoms with Gasteiger partial charge in [0.25, 0.3) is 0 Å². The molecular weight excluding hydrogens is 290 g/mol. The fourth-order valence-corrected chi connectivity index (χ4v) is 2.26. The molecule has 102 valence electrons. The first-order chi connectivity index (χ1) is 8.67. The Kier molecular flexibility index (Phi) is 7.56. The molecule has 0 saturated heterocycles. The van der Waals surface area contributed by atoms with Crippen molar-refractivity contribution in [2.24, 2.45) is 5.92 Å². The number of benzene rings is 1. The molecular formula is C15H24BrNO. The van der Waals surface area contributed by atoms with Gasteiger partial charge in [0.1, 0.15) is 0 Å². The minimum atomic E-state index is 0.141. The molecule has 2 nitrogen and oxygen atoms in total. The number of nitrogens with one attached hydrogen (secondary N) is 1. The first-order valence-corrected chi connectivity index (χ1v) is 7.48. The first-order valence-electron chi connectivity index (χ1n) is 6.69. The Hall–Kier alpha value is -0.380. The van der Waals surface area contributed by atoms with E-state index in [2.05, 4.69) is 59.4 Å². The van der Waals surface area contributed by atoms with Gasteiger partial charge in [0.05, 0.1) is 12.7 Å². The molecule has 18 heavy (non-hydrogen) atoms. The van der Waals surface area contributed by atoms with Gasteiger partial charge in [-0.05, 0) is 37.1 Å². The van der Waals surface area contributed by atoms with Crippen molar-refractivity contribution in [1.29, 1.82) is 0 Å². The Bertz CT molecular complexity index is 326. The summed E-state index contributed by atoms with van der Waals surface area (Å²) in [5, 5.41) is 3.20. The minimum absolute atomic E-state index is 0.141. The molecule has 0 heterocycles. The van der Waals surface area contributed by atoms with Crippen LogP contribution in [0.4, 0.5) is 0 Å². The van der Waals surface area contributed by atoms with Crippen LogP contribution in [0.1, 0.15) is 38.4 Å². The number of rotatable bonds is 8. The van der Waals surface area contributed by atoms with Crippen LogP contribution in [0, 0.1) is 5.92 Å². The molecule has 0 aliphatic heterocycles. The molecule has 0 amide bonds. The molecule has 1 aromatic rings. The number of likely N-dealkylation sites (N-methyl/N-ethyl adjacent to an activating group) is 1. The second-order valence-electron chi connectivity index (χ2n) is 4.83. The summed E-state index contributed by atoms with van der Waals surface area (Å²) in [6, 6.07) is 8.38. The third-order valence-electron chi connectivity index (χ3n) is 2.99. The van der Waals surface area contributed by atoms with E-state index in [1.165, 1.54) is 18.4 Å². The SMILES string of the molecule is CCCC(C)COC(CNC)c1ccc(Br)cc1. The number of ether oxygens (including phenoxy) is 1. The van der Waals surface area contributed by atoms with Gasteiger partial charge in [-0.15, -0.1) is 0 Å². The van der Waals surface area contributed by atoms with Crippen LogP contribution in [0.15, 0.2) is 28.7 Å². The molecule has 0 aromatic heterocycles. The van der Waals surface area contributed by atoms with Gasteiger partial charge in [-0.25, -0.2) is 0 Å². The van der Waals surface area contributed by atoms with Gasteiger partial charge in [-0.1, -0.05) is 48.3 Å². The fourth-order valence-electron chi connectivity index (χ4n) is 1.99. The number of halogens is 1. The third kappa shape index (κ3) is 5.51. The van der Waals surface area contributed by atoms with Crippen LogP contribution in [-0.4, -0.2) is 20.2 Å². The largest absolute Gasteiger partial charge is 0.372 e. The predicted octanol–water partition coefficient (Wildman–Crippen LogP) is 4.16. The average Bonchev–Trinajstić information content (AvgIpc) is 2.36. The highest BCUT2D eigenvalue weighted by atomic mass is 79.9. The predicted molar refractivity (Wildman–Crippen MR) is 80.8 cm³/mol. The van der Waals surface area contributed by atoms with Crippen molar-refractivity contribution in [3.05, 3.63) is 34.3 Å². The van der Waals surface area contributed by atoms with Crippen molar-refractivity contribution in [2.75, 3.05) is 20.2 Å². The topological polar surface area (TPSA) is 21.3 Å². The van der Waals surface area contributed by atoms with E-state index in [1.807, 2.05) is 7.05 Å². The summed E-state index contributed by atoms with van der Waals surface area (Å²) >= 11 is 3.46. The standard InChI is InChI=1S/C15H24BrNO/c1-4-5-12(2)11-18-15(10-17-3)13-6-8-14(16)9-7-13/h6-9,12,15,17H,4-5,10-11H2,1-3H3. The lowest BCUT2D eigenvalue weighted by molar-refractivity contribution is 0.0310. The second-order valence-corrected chi connectivity index (χ2v) is 5.74. The Labute approximate surface area is 119 Å². The van der Waals surface area contributed by atoms with Crippen LogP contribution in [0.2, 0.25) is 0 Å². The van der Waals surface area contributed by atoms with Crippen molar-refractivity contribution in [2.45, 2.75) is 32.8 Å². The van der Waals surface area contributed by atoms with Gasteiger partial charge >= 0.3 is 0 Å². The van der Waals surface area contributed by atoms with Crippen molar-refractivity contribution >= 4 is 15.9 Å². The molecule has 0 spiro atoms. The van der Waals surface area contributed by atoms with E-state index in [-0.39, 0.29) is 6.10 Å². The van der Waals surface area contributed by atoms with Gasteiger partial charge in [0.2, 0.25) is 0 Å². The summed E-state index contributed by atoms with van der Waals surface area (Å²) in [5.41, 5.74) is 1.23. The van der Waals surface area contributed by atoms with Crippen LogP contribution in [0.3, 0.4) is 0 Å². The lowest BCUT2D eigenvalue weighted by Gasteiger charge is -2.20. The molecule has 0 bridgehead atoms. The summed E-state index contributed by atoms with van der Waals surface area (Å²) < 4.78 is 7.15. The third-order valence-corrected chi connectivity index (χ3v) is 3.52. The van der Waals surface area contributed by atoms with Crippen molar-refractivity contribution < 1.29 is 4.74 Å². The van der Waals surface area contributed by atoms with Gasteiger partial charge in [-0.3, -0.25) is 0 Å². The van der Waals surface area contributed by atoms with E-state index in [0.717, 1.165) is 17.6 Å². The summed E-state index contributed by atoms with van der Waals surface area (Å²) in [4.78, 5) is 0. The van der Waals surface area contributed by atoms with Gasteiger partial charge < -0.3 is 10.1 Å². The molecule has 0 aliphatic rings. The normalized spacial score (nSPS) is 14.4. The van der Waals surface area contributed by atoms with E-state index in [9.17, 15) is 0 Å². The molecule has 1 rings (SSSR count). The van der Waals surface area contributed by atoms with Crippen LogP contribution >= 0.6 is 15.9 Å². The molecule has 1 N–H and O–H groups in total. The van der Waals surface area contributed by atoms with E-state index < -0.39 is 0 Å². The fraction of sp³-hybridized carbons (Fsp3) is 0.600. The van der Waals surface area contributed by atoms with Crippen LogP contribution in [-0.2, 0) is 4.74 Å². The van der Waals surface area contributed by atoms with E-state index >= 15 is 0 Å². The summed E-state index contributed by atoms with van der Waals surface area (Å²) in [7, 11) is 1.96. The number of hydrogen-bond acceptors (Lipinski definition) is 2. The number of hydrogen-bond donors (Lipinski definition) is 1. The Balaban J connectivity index is 2.56. The van der Waals surface area contributed by atoms with Gasteiger partial charge in [0.15, 0.2) is 0 Å². The zero-order valence-corrected chi connectivity index (χ0v) is 13.2. The zero-order chi connectivity index (χ0) is 13.4. The maximum absolute atomic E-state index is 6.04. The van der Waals surface area contributed by atoms with Gasteiger partial charge in [0, 0.05) is 11.0 Å². The maximum atomic E-state index is 6.04. The highest BCUT2D eigenvalue weighted by Crippen LogP contribution is 2.21. The molecule has 0 aliphatic carbocycles. The van der Waals surface area contributed by atoms with Crippen molar-refractivity contribution in [3.63, 3.8) is 0 Å². The van der Waals surface area contributed by atoms with Crippen LogP contribution < -0.4 is 5.32 Å². The molecule has 0 saturated carbocycles. The van der Waals surface area contributed by atoms with Crippen molar-refractivity contribution in [3.8, 4) is 0 Å². The molecule has 2 atom stereocenters. The maximum Gasteiger partial charge on any atom is 0.0949 e. The lowest BCUT2D eigenvalue weighted by atomic mass is 10.1. The average molecular weight is 314 g/mol. The summed E-state index contributed by atoms with van der Waals surface area (Å²) in [6.07, 6.45) is 2.59. The van der Waals surface area contributed by atoms with E-state index in [4.69, 9.17) is 4.74 Å². The van der Waals surface area contributed by atoms with Gasteiger partial charge in [-0.2, -0.15) is 0 Å². The van der Waals surface area contributed by atoms with E-state index in [1.54, 1.807) is 0 Å². The highest BCUT2D eigenvalue weighted by molar-refractivity contribution is 9.10. The molecule has 1 aromatic carbocycles. The van der Waals surface area contributed by atoms with E-state index in [0.29, 0.717) is 5.92 Å². The second kappa shape index (κ2) is 8.68. The molecule has 3 heteroatoms. The lowest BCUT2D eigenvalue weighted by Crippen LogP contribution is -2.21. The summed E-state index contributed by atoms with van der Waals surface area (Å²) in [6.45, 7) is 6.15. The zero-order valence-electron chi connectivity index (χ0n) is 11.6. The molecule has 0 fully saturated rings. The van der Waals surface area contributed by atoms with Crippen molar-refractivity contribution in [1.82, 2.24) is 5.32 Å². The molecule has 2 unspecified atom stereocenters. The quantitative estimate of drug-likeness (QED) is 0.778. The summed E-state index contributed by atoms with van der Waals surface area (Å²) in [5.74, 6) is 0.629. The Morgan fingerprint density at radius 3 is 2.50 bits per heavy atom. The van der Waals surface area contributed by atoms with Crippen LogP contribution in [0.25, 0.3) is 0 Å². The Morgan fingerprint density at radius 1 is 1.28 bits per heavy atom. The highest BCUT2D eigenvalue weighted by Gasteiger charge is 2.12. The molecule has 0 radical (unpaired) electrons.